The summed E-state index contributed by atoms with van der Waals surface area (Å²) in [5.74, 6) is -0.326. The molecule has 0 amide bonds. The molecule has 5 nitrogen and oxygen atoms in total. The van der Waals surface area contributed by atoms with Gasteiger partial charge in [0.1, 0.15) is 5.82 Å². The number of esters is 1. The van der Waals surface area contributed by atoms with Crippen LogP contribution in [-0.2, 0) is 9.53 Å². The van der Waals surface area contributed by atoms with Gasteiger partial charge in [-0.05, 0) is 37.3 Å². The van der Waals surface area contributed by atoms with E-state index in [4.69, 9.17) is 62.7 Å². The van der Waals surface area contributed by atoms with Crippen LogP contribution in [0.5, 0.6) is 0 Å². The Morgan fingerprint density at radius 1 is 1.00 bits per heavy atom. The van der Waals surface area contributed by atoms with Crippen LogP contribution < -0.4 is 16.2 Å². The molecule has 0 aliphatic rings. The van der Waals surface area contributed by atoms with Gasteiger partial charge in [0.15, 0.2) is 0 Å². The molecule has 3 N–H and O–H groups in total. The number of hydrazine groups is 1. The summed E-state index contributed by atoms with van der Waals surface area (Å²) in [6, 6.07) is 7.92. The van der Waals surface area contributed by atoms with Gasteiger partial charge in [0.05, 0.1) is 39.1 Å². The molecule has 0 spiro atoms. The Morgan fingerprint density at radius 2 is 1.63 bits per heavy atom. The molecule has 2 rings (SSSR count). The summed E-state index contributed by atoms with van der Waals surface area (Å²) in [5.41, 5.74) is 6.53. The Hall–Kier alpha value is -1.50. The first-order valence-electron chi connectivity index (χ1n) is 7.57. The summed E-state index contributed by atoms with van der Waals surface area (Å²) in [4.78, 5) is 11.8. The number of ether oxygens (including phenoxy) is 1. The molecule has 0 saturated heterocycles. The predicted octanol–water partition coefficient (Wildman–Crippen LogP) is 6.39. The van der Waals surface area contributed by atoms with Crippen molar-refractivity contribution in [3.63, 3.8) is 0 Å². The predicted molar refractivity (Wildman–Crippen MR) is 113 cm³/mol. The van der Waals surface area contributed by atoms with Crippen LogP contribution in [-0.4, -0.2) is 12.6 Å². The zero-order valence-corrected chi connectivity index (χ0v) is 17.7. The molecule has 0 atom stereocenters. The van der Waals surface area contributed by atoms with Gasteiger partial charge < -0.3 is 10.1 Å². The van der Waals surface area contributed by atoms with Crippen molar-refractivity contribution in [2.24, 2.45) is 0 Å². The van der Waals surface area contributed by atoms with E-state index in [9.17, 15) is 4.79 Å². The van der Waals surface area contributed by atoms with E-state index in [0.29, 0.717) is 36.5 Å². The molecule has 0 fully saturated rings. The van der Waals surface area contributed by atoms with Crippen LogP contribution >= 0.6 is 58.0 Å². The largest absolute Gasteiger partial charge is 0.463 e. The third-order valence-electron chi connectivity index (χ3n) is 3.08. The van der Waals surface area contributed by atoms with Crippen molar-refractivity contribution in [1.29, 1.82) is 0 Å². The van der Waals surface area contributed by atoms with Crippen LogP contribution in [0.25, 0.3) is 0 Å². The number of rotatable bonds is 7. The summed E-state index contributed by atoms with van der Waals surface area (Å²) in [5, 5.41) is 4.79. The number of hydrogen-bond donors (Lipinski definition) is 3. The summed E-state index contributed by atoms with van der Waals surface area (Å²) in [6.45, 7) is 1.93. The van der Waals surface area contributed by atoms with Crippen LogP contribution in [0.3, 0.4) is 0 Å². The number of carbonyl (C=O) groups excluding carboxylic acids is 1. The maximum atomic E-state index is 11.8. The maximum Gasteiger partial charge on any atom is 0.334 e. The number of nitrogens with one attached hydrogen (secondary N) is 3. The van der Waals surface area contributed by atoms with E-state index in [0.717, 1.165) is 0 Å². The molecular formula is C17H14Cl5N3O2. The molecule has 0 heterocycles. The lowest BCUT2D eigenvalue weighted by Gasteiger charge is -2.18. The lowest BCUT2D eigenvalue weighted by Crippen LogP contribution is -2.27. The zero-order chi connectivity index (χ0) is 20.0. The average molecular weight is 470 g/mol. The van der Waals surface area contributed by atoms with Crippen LogP contribution in [0, 0.1) is 0 Å². The van der Waals surface area contributed by atoms with E-state index in [1.54, 1.807) is 25.1 Å². The van der Waals surface area contributed by atoms with Crippen LogP contribution in [0.15, 0.2) is 42.2 Å². The average Bonchev–Trinajstić information content (AvgIpc) is 2.56. The van der Waals surface area contributed by atoms with Gasteiger partial charge in [0.2, 0.25) is 0 Å². The van der Waals surface area contributed by atoms with Gasteiger partial charge in [-0.15, -0.1) is 0 Å². The molecule has 0 bridgehead atoms. The summed E-state index contributed by atoms with van der Waals surface area (Å²) in [7, 11) is 0. The van der Waals surface area contributed by atoms with E-state index in [1.807, 2.05) is 0 Å². The Bertz CT molecular complexity index is 851. The lowest BCUT2D eigenvalue weighted by molar-refractivity contribution is -0.137. The minimum absolute atomic E-state index is 0.229. The van der Waals surface area contributed by atoms with Gasteiger partial charge >= 0.3 is 5.97 Å². The molecule has 0 unspecified atom stereocenters. The van der Waals surface area contributed by atoms with Crippen molar-refractivity contribution < 1.29 is 9.53 Å². The summed E-state index contributed by atoms with van der Waals surface area (Å²) < 4.78 is 4.93. The third kappa shape index (κ3) is 6.55. The number of halogens is 5. The highest BCUT2D eigenvalue weighted by Crippen LogP contribution is 2.33. The van der Waals surface area contributed by atoms with Crippen molar-refractivity contribution in [3.8, 4) is 0 Å². The molecular weight excluding hydrogens is 455 g/mol. The number of anilines is 2. The second-order valence-electron chi connectivity index (χ2n) is 5.05. The highest BCUT2D eigenvalue weighted by molar-refractivity contribution is 6.41. The van der Waals surface area contributed by atoms with E-state index in [-0.39, 0.29) is 12.4 Å². The highest BCUT2D eigenvalue weighted by Gasteiger charge is 2.10. The number of benzene rings is 2. The molecule has 0 aliphatic carbocycles. The van der Waals surface area contributed by atoms with E-state index in [1.165, 1.54) is 18.2 Å². The lowest BCUT2D eigenvalue weighted by atomic mass is 10.3. The summed E-state index contributed by atoms with van der Waals surface area (Å²) >= 11 is 30.2. The van der Waals surface area contributed by atoms with E-state index in [2.05, 4.69) is 16.2 Å². The minimum atomic E-state index is -0.562. The van der Waals surface area contributed by atoms with Crippen LogP contribution in [0.1, 0.15) is 6.92 Å². The van der Waals surface area contributed by atoms with E-state index >= 15 is 0 Å². The van der Waals surface area contributed by atoms with Gasteiger partial charge in [-0.25, -0.2) is 4.79 Å². The van der Waals surface area contributed by atoms with Crippen molar-refractivity contribution in [2.45, 2.75) is 6.92 Å². The first-order valence-corrected chi connectivity index (χ1v) is 9.46. The van der Waals surface area contributed by atoms with Gasteiger partial charge in [0.25, 0.3) is 0 Å². The second kappa shape index (κ2) is 10.2. The molecule has 0 radical (unpaired) electrons. The number of carbonyl (C=O) groups is 1. The Morgan fingerprint density at radius 3 is 2.22 bits per heavy atom. The monoisotopic (exact) mass is 467 g/mol. The van der Waals surface area contributed by atoms with Gasteiger partial charge in [0, 0.05) is 10.0 Å². The SMILES string of the molecule is CCOC(=O)/C=C(\NNc1c(Cl)cc(Cl)cc1Cl)Nc1ccc(Cl)cc1Cl. The highest BCUT2D eigenvalue weighted by atomic mass is 35.5. The minimum Gasteiger partial charge on any atom is -0.463 e. The quantitative estimate of drug-likeness (QED) is 0.249. The maximum absolute atomic E-state index is 11.8. The molecule has 10 heteroatoms. The summed E-state index contributed by atoms with van der Waals surface area (Å²) in [6.07, 6.45) is 1.21. The first kappa shape index (κ1) is 21.8. The van der Waals surface area contributed by atoms with Crippen molar-refractivity contribution >= 4 is 75.3 Å². The van der Waals surface area contributed by atoms with Gasteiger partial charge in [-0.1, -0.05) is 58.0 Å². The molecule has 27 heavy (non-hydrogen) atoms. The van der Waals surface area contributed by atoms with E-state index < -0.39 is 5.97 Å². The van der Waals surface area contributed by atoms with Crippen molar-refractivity contribution in [3.05, 3.63) is 67.3 Å². The standard InChI is InChI=1S/C17H14Cl5N3O2/c1-2-27-16(26)8-15(23-14-4-3-9(18)5-11(14)20)24-25-17-12(21)6-10(19)7-13(17)22/h3-8,23-25H,2H2,1H3/b15-8-. The fourth-order valence-corrected chi connectivity index (χ4v) is 3.30. The fourth-order valence-electron chi connectivity index (χ4n) is 1.93. The smallest absolute Gasteiger partial charge is 0.334 e. The molecule has 144 valence electrons. The first-order chi connectivity index (χ1) is 12.8. The Balaban J connectivity index is 2.24. The molecule has 0 aromatic heterocycles. The molecule has 2 aromatic carbocycles. The molecule has 0 saturated carbocycles. The fraction of sp³-hybridized carbons (Fsp3) is 0.118. The topological polar surface area (TPSA) is 62.4 Å². The Labute approximate surface area is 181 Å². The zero-order valence-electron chi connectivity index (χ0n) is 13.9. The normalized spacial score (nSPS) is 11.1. The molecule has 2 aromatic rings. The van der Waals surface area contributed by atoms with Crippen LogP contribution in [0.4, 0.5) is 11.4 Å². The van der Waals surface area contributed by atoms with Crippen molar-refractivity contribution in [2.75, 3.05) is 17.3 Å². The molecule has 0 aliphatic heterocycles. The van der Waals surface area contributed by atoms with Gasteiger partial charge in [-0.2, -0.15) is 0 Å². The number of hydrogen-bond acceptors (Lipinski definition) is 5. The second-order valence-corrected chi connectivity index (χ2v) is 7.15. The van der Waals surface area contributed by atoms with Gasteiger partial charge in [-0.3, -0.25) is 10.9 Å². The Kier molecular flexibility index (Phi) is 8.20. The van der Waals surface area contributed by atoms with Crippen molar-refractivity contribution in [1.82, 2.24) is 5.43 Å². The third-order valence-corrected chi connectivity index (χ3v) is 4.44. The van der Waals surface area contributed by atoms with Crippen LogP contribution in [0.2, 0.25) is 25.1 Å².